The highest BCUT2D eigenvalue weighted by Gasteiger charge is 2.20. The zero-order chi connectivity index (χ0) is 20.8. The topological polar surface area (TPSA) is 111 Å². The second kappa shape index (κ2) is 9.33. The predicted octanol–water partition coefficient (Wildman–Crippen LogP) is 4.05. The van der Waals surface area contributed by atoms with E-state index in [0.717, 1.165) is 17.3 Å². The first-order chi connectivity index (χ1) is 13.9. The Morgan fingerprint density at radius 1 is 1.17 bits per heavy atom. The molecule has 0 saturated carbocycles. The Morgan fingerprint density at radius 2 is 1.93 bits per heavy atom. The Hall–Kier alpha value is -3.20. The molecule has 1 N–H and O–H groups in total. The van der Waals surface area contributed by atoms with Crippen molar-refractivity contribution >= 4 is 23.4 Å². The van der Waals surface area contributed by atoms with Crippen LogP contribution < -0.4 is 5.32 Å². The number of aromatic nitrogens is 2. The van der Waals surface area contributed by atoms with Gasteiger partial charge in [-0.3, -0.25) is 14.9 Å². The minimum atomic E-state index is -0.488. The van der Waals surface area contributed by atoms with Crippen LogP contribution in [0.2, 0.25) is 0 Å². The van der Waals surface area contributed by atoms with Gasteiger partial charge in [-0.1, -0.05) is 55.1 Å². The first-order valence-corrected chi connectivity index (χ1v) is 9.89. The highest BCUT2D eigenvalue weighted by Crippen LogP contribution is 2.28. The van der Waals surface area contributed by atoms with E-state index in [1.807, 2.05) is 30.3 Å². The minimum absolute atomic E-state index is 0.0600. The van der Waals surface area contributed by atoms with Gasteiger partial charge in [0.25, 0.3) is 10.9 Å². The van der Waals surface area contributed by atoms with Crippen LogP contribution in [0, 0.1) is 10.1 Å². The van der Waals surface area contributed by atoms with Crippen molar-refractivity contribution in [3.8, 4) is 11.5 Å². The van der Waals surface area contributed by atoms with Gasteiger partial charge in [0.15, 0.2) is 0 Å². The van der Waals surface area contributed by atoms with Crippen molar-refractivity contribution in [1.29, 1.82) is 0 Å². The summed E-state index contributed by atoms with van der Waals surface area (Å²) in [7, 11) is 0. The number of benzene rings is 2. The molecular formula is C20H20N4O4S. The van der Waals surface area contributed by atoms with E-state index in [1.54, 1.807) is 19.1 Å². The number of non-ortho nitro benzene ring substituents is 1. The molecule has 1 heterocycles. The molecule has 0 fully saturated rings. The first-order valence-electron chi connectivity index (χ1n) is 9.01. The van der Waals surface area contributed by atoms with Crippen molar-refractivity contribution in [1.82, 2.24) is 15.5 Å². The summed E-state index contributed by atoms with van der Waals surface area (Å²) in [6.45, 7) is 4.33. The summed E-state index contributed by atoms with van der Waals surface area (Å²) in [5.74, 6) is 0.232. The molecule has 0 radical (unpaired) electrons. The smallest absolute Gasteiger partial charge is 0.277 e. The second-order valence-corrected chi connectivity index (χ2v) is 7.79. The quantitative estimate of drug-likeness (QED) is 0.337. The molecule has 3 rings (SSSR count). The van der Waals surface area contributed by atoms with Crippen LogP contribution in [0.5, 0.6) is 0 Å². The number of nitro benzene ring substituents is 1. The Morgan fingerprint density at radius 3 is 2.66 bits per heavy atom. The van der Waals surface area contributed by atoms with E-state index < -0.39 is 10.2 Å². The lowest BCUT2D eigenvalue weighted by Crippen LogP contribution is -2.33. The zero-order valence-electron chi connectivity index (χ0n) is 15.9. The molecule has 9 heteroatoms. The number of carbonyl (C=O) groups excluding carboxylic acids is 1. The van der Waals surface area contributed by atoms with Crippen LogP contribution in [0.25, 0.3) is 11.5 Å². The Balaban J connectivity index is 1.57. The standard InChI is InChI=1S/C20H20N4O4S/c1-13(15-7-4-3-5-8-15)12-21-18(25)14(2)29-20-23-22-19(28-20)16-9-6-10-17(11-16)24(26)27/h3-11,13-14H,12H2,1-2H3,(H,21,25)/t13-,14-/m0/s1. The molecule has 1 amide bonds. The lowest BCUT2D eigenvalue weighted by Gasteiger charge is -2.15. The third-order valence-corrected chi connectivity index (χ3v) is 5.24. The maximum Gasteiger partial charge on any atom is 0.277 e. The lowest BCUT2D eigenvalue weighted by molar-refractivity contribution is -0.384. The van der Waals surface area contributed by atoms with Gasteiger partial charge in [0, 0.05) is 24.2 Å². The molecule has 0 aliphatic rings. The molecule has 0 saturated heterocycles. The fourth-order valence-electron chi connectivity index (χ4n) is 2.63. The molecular weight excluding hydrogens is 392 g/mol. The highest BCUT2D eigenvalue weighted by molar-refractivity contribution is 8.00. The van der Waals surface area contributed by atoms with Crippen LogP contribution in [-0.4, -0.2) is 32.8 Å². The van der Waals surface area contributed by atoms with Crippen molar-refractivity contribution in [3.63, 3.8) is 0 Å². The maximum atomic E-state index is 12.4. The Bertz CT molecular complexity index is 993. The summed E-state index contributed by atoms with van der Waals surface area (Å²) in [5, 5.41) is 21.5. The van der Waals surface area contributed by atoms with Gasteiger partial charge in [0.05, 0.1) is 10.2 Å². The number of amides is 1. The molecule has 0 spiro atoms. The van der Waals surface area contributed by atoms with Crippen molar-refractivity contribution in [2.24, 2.45) is 0 Å². The van der Waals surface area contributed by atoms with E-state index in [-0.39, 0.29) is 28.6 Å². The Kier molecular flexibility index (Phi) is 6.61. The highest BCUT2D eigenvalue weighted by atomic mass is 32.2. The van der Waals surface area contributed by atoms with E-state index in [1.165, 1.54) is 12.1 Å². The summed E-state index contributed by atoms with van der Waals surface area (Å²) < 4.78 is 5.56. The summed E-state index contributed by atoms with van der Waals surface area (Å²) in [6.07, 6.45) is 0. The second-order valence-electron chi connectivity index (χ2n) is 6.50. The molecule has 0 unspecified atom stereocenters. The number of hydrogen-bond acceptors (Lipinski definition) is 7. The summed E-state index contributed by atoms with van der Waals surface area (Å²) >= 11 is 1.14. The van der Waals surface area contributed by atoms with E-state index in [9.17, 15) is 14.9 Å². The molecule has 3 aromatic rings. The fourth-order valence-corrected chi connectivity index (χ4v) is 3.34. The average Bonchev–Trinajstić information content (AvgIpc) is 3.21. The van der Waals surface area contributed by atoms with E-state index in [0.29, 0.717) is 12.1 Å². The Labute approximate surface area is 171 Å². The number of carbonyl (C=O) groups is 1. The SMILES string of the molecule is C[C@H](Sc1nnc(-c2cccc([N+](=O)[O-])c2)o1)C(=O)NC[C@H](C)c1ccccc1. The van der Waals surface area contributed by atoms with E-state index >= 15 is 0 Å². The molecule has 29 heavy (non-hydrogen) atoms. The number of thioether (sulfide) groups is 1. The van der Waals surface area contributed by atoms with Gasteiger partial charge < -0.3 is 9.73 Å². The number of nitro groups is 1. The lowest BCUT2D eigenvalue weighted by atomic mass is 10.0. The fraction of sp³-hybridized carbons (Fsp3) is 0.250. The molecule has 2 atom stereocenters. The van der Waals surface area contributed by atoms with Crippen LogP contribution >= 0.6 is 11.8 Å². The van der Waals surface area contributed by atoms with Crippen molar-refractivity contribution in [2.45, 2.75) is 30.2 Å². The van der Waals surface area contributed by atoms with Gasteiger partial charge >= 0.3 is 0 Å². The third kappa shape index (κ3) is 5.41. The van der Waals surface area contributed by atoms with Gasteiger partial charge in [0.1, 0.15) is 0 Å². The monoisotopic (exact) mass is 412 g/mol. The van der Waals surface area contributed by atoms with Gasteiger partial charge in [-0.25, -0.2) is 0 Å². The van der Waals surface area contributed by atoms with Gasteiger partial charge in [0.2, 0.25) is 11.8 Å². The maximum absolute atomic E-state index is 12.4. The molecule has 0 bridgehead atoms. The largest absolute Gasteiger partial charge is 0.411 e. The van der Waals surface area contributed by atoms with E-state index in [4.69, 9.17) is 4.42 Å². The van der Waals surface area contributed by atoms with Crippen molar-refractivity contribution in [2.75, 3.05) is 6.54 Å². The molecule has 0 aliphatic heterocycles. The summed E-state index contributed by atoms with van der Waals surface area (Å²) in [6, 6.07) is 15.9. The van der Waals surface area contributed by atoms with Crippen LogP contribution in [-0.2, 0) is 4.79 Å². The van der Waals surface area contributed by atoms with Gasteiger partial charge in [-0.05, 0) is 24.5 Å². The average molecular weight is 412 g/mol. The van der Waals surface area contributed by atoms with Crippen molar-refractivity contribution < 1.29 is 14.1 Å². The molecule has 150 valence electrons. The molecule has 0 aliphatic carbocycles. The van der Waals surface area contributed by atoms with Gasteiger partial charge in [-0.15, -0.1) is 10.2 Å². The van der Waals surface area contributed by atoms with Crippen LogP contribution in [0.1, 0.15) is 25.3 Å². The molecule has 1 aromatic heterocycles. The molecule has 8 nitrogen and oxygen atoms in total. The third-order valence-electron chi connectivity index (χ3n) is 4.31. The summed E-state index contributed by atoms with van der Waals surface area (Å²) in [4.78, 5) is 22.8. The zero-order valence-corrected chi connectivity index (χ0v) is 16.8. The van der Waals surface area contributed by atoms with Crippen LogP contribution in [0.15, 0.2) is 64.2 Å². The number of nitrogens with one attached hydrogen (secondary N) is 1. The van der Waals surface area contributed by atoms with Crippen molar-refractivity contribution in [3.05, 3.63) is 70.3 Å². The molecule has 2 aromatic carbocycles. The van der Waals surface area contributed by atoms with E-state index in [2.05, 4.69) is 22.4 Å². The first kappa shape index (κ1) is 20.5. The van der Waals surface area contributed by atoms with Crippen LogP contribution in [0.3, 0.4) is 0 Å². The van der Waals surface area contributed by atoms with Crippen LogP contribution in [0.4, 0.5) is 5.69 Å². The predicted molar refractivity (Wildman–Crippen MR) is 110 cm³/mol. The minimum Gasteiger partial charge on any atom is -0.411 e. The number of hydrogen-bond donors (Lipinski definition) is 1. The number of rotatable bonds is 8. The van der Waals surface area contributed by atoms with Gasteiger partial charge in [-0.2, -0.15) is 0 Å². The summed E-state index contributed by atoms with van der Waals surface area (Å²) in [5.41, 5.74) is 1.55. The normalized spacial score (nSPS) is 12.9. The number of nitrogens with zero attached hydrogens (tertiary/aromatic N) is 3.